The molecule has 2 heterocycles. The van der Waals surface area contributed by atoms with E-state index in [2.05, 4.69) is 67.6 Å². The van der Waals surface area contributed by atoms with Gasteiger partial charge in [-0.05, 0) is 35.8 Å². The Hall–Kier alpha value is -2.58. The molecule has 29 heavy (non-hydrogen) atoms. The van der Waals surface area contributed by atoms with Crippen LogP contribution in [0.3, 0.4) is 0 Å². The van der Waals surface area contributed by atoms with Crippen LogP contribution in [-0.2, 0) is 6.42 Å². The number of thioether (sulfide) groups is 2. The van der Waals surface area contributed by atoms with E-state index in [0.717, 1.165) is 44.8 Å². The maximum atomic E-state index is 4.50. The van der Waals surface area contributed by atoms with Gasteiger partial charge in [-0.15, -0.1) is 20.4 Å². The second-order valence-corrected chi connectivity index (χ2v) is 8.64. The topological polar surface area (TPSA) is 61.4 Å². The Morgan fingerprint density at radius 1 is 0.621 bits per heavy atom. The van der Waals surface area contributed by atoms with E-state index >= 15 is 0 Å². The minimum Gasteiger partial charge on any atom is -0.274 e. The highest BCUT2D eigenvalue weighted by Gasteiger charge is 2.20. The van der Waals surface area contributed by atoms with E-state index in [1.54, 1.807) is 23.5 Å². The van der Waals surface area contributed by atoms with E-state index in [9.17, 15) is 0 Å². The largest absolute Gasteiger partial charge is 0.274 e. The molecule has 0 aliphatic heterocycles. The smallest absolute Gasteiger partial charge is 0.195 e. The maximum Gasteiger partial charge on any atom is 0.195 e. The van der Waals surface area contributed by atoms with Crippen molar-refractivity contribution in [1.82, 2.24) is 29.5 Å². The second kappa shape index (κ2) is 9.28. The van der Waals surface area contributed by atoms with E-state index in [-0.39, 0.29) is 0 Å². The Kier molecular flexibility index (Phi) is 6.31. The molecule has 0 bridgehead atoms. The van der Waals surface area contributed by atoms with E-state index in [1.807, 2.05) is 36.4 Å². The average Bonchev–Trinajstić information content (AvgIpc) is 3.34. The molecule has 0 N–H and O–H groups in total. The van der Waals surface area contributed by atoms with Crippen LogP contribution in [0, 0.1) is 0 Å². The summed E-state index contributed by atoms with van der Waals surface area (Å²) in [5, 5.41) is 19.7. The molecule has 0 radical (unpaired) electrons. The van der Waals surface area contributed by atoms with Crippen molar-refractivity contribution < 1.29 is 0 Å². The van der Waals surface area contributed by atoms with Crippen LogP contribution in [0.15, 0.2) is 71.0 Å². The van der Waals surface area contributed by atoms with Crippen molar-refractivity contribution >= 4 is 23.5 Å². The standard InChI is InChI=1S/C21H22N6S2/c1-3-28-20-24-22-18(26(20)16-11-7-5-8-12-16)15-19-23-25-21(29-4-2)27(19)17-13-9-6-10-14-17/h5-14H,3-4,15H2,1-2H3. The molecule has 0 amide bonds. The van der Waals surface area contributed by atoms with Gasteiger partial charge < -0.3 is 0 Å². The van der Waals surface area contributed by atoms with Crippen molar-refractivity contribution in [1.29, 1.82) is 0 Å². The minimum absolute atomic E-state index is 0.540. The zero-order valence-electron chi connectivity index (χ0n) is 16.4. The van der Waals surface area contributed by atoms with Gasteiger partial charge in [0.25, 0.3) is 0 Å². The second-order valence-electron chi connectivity index (χ2n) is 6.18. The Balaban J connectivity index is 1.78. The third-order valence-electron chi connectivity index (χ3n) is 4.29. The number of nitrogens with zero attached hydrogens (tertiary/aromatic N) is 6. The van der Waals surface area contributed by atoms with Gasteiger partial charge in [-0.25, -0.2) is 0 Å². The Labute approximate surface area is 178 Å². The van der Waals surface area contributed by atoms with E-state index < -0.39 is 0 Å². The lowest BCUT2D eigenvalue weighted by Crippen LogP contribution is -2.08. The Morgan fingerprint density at radius 2 is 1.03 bits per heavy atom. The average molecular weight is 423 g/mol. The van der Waals surface area contributed by atoms with Gasteiger partial charge in [-0.1, -0.05) is 73.8 Å². The number of para-hydroxylation sites is 2. The van der Waals surface area contributed by atoms with Crippen molar-refractivity contribution in [2.75, 3.05) is 11.5 Å². The highest BCUT2D eigenvalue weighted by molar-refractivity contribution is 7.99. The summed E-state index contributed by atoms with van der Waals surface area (Å²) in [6.07, 6.45) is 0.540. The van der Waals surface area contributed by atoms with E-state index in [4.69, 9.17) is 0 Å². The first-order valence-electron chi connectivity index (χ1n) is 9.56. The lowest BCUT2D eigenvalue weighted by molar-refractivity contribution is 0.792. The maximum absolute atomic E-state index is 4.50. The number of rotatable bonds is 8. The third kappa shape index (κ3) is 4.23. The van der Waals surface area contributed by atoms with Gasteiger partial charge in [0.1, 0.15) is 11.6 Å². The normalized spacial score (nSPS) is 11.1. The predicted molar refractivity (Wildman–Crippen MR) is 118 cm³/mol. The summed E-state index contributed by atoms with van der Waals surface area (Å²) >= 11 is 3.37. The Morgan fingerprint density at radius 3 is 1.41 bits per heavy atom. The molecule has 0 saturated carbocycles. The molecule has 2 aromatic carbocycles. The van der Waals surface area contributed by atoms with Crippen molar-refractivity contribution in [2.45, 2.75) is 30.6 Å². The first-order chi connectivity index (χ1) is 14.3. The first-order valence-corrected chi connectivity index (χ1v) is 11.5. The number of hydrogen-bond acceptors (Lipinski definition) is 6. The molecule has 2 aromatic heterocycles. The van der Waals surface area contributed by atoms with Crippen molar-refractivity contribution in [3.8, 4) is 11.4 Å². The molecule has 0 aliphatic carbocycles. The number of hydrogen-bond donors (Lipinski definition) is 0. The summed E-state index contributed by atoms with van der Waals surface area (Å²) < 4.78 is 4.23. The first kappa shape index (κ1) is 19.7. The zero-order chi connectivity index (χ0) is 20.1. The summed E-state index contributed by atoms with van der Waals surface area (Å²) in [5.41, 5.74) is 2.11. The molecule has 6 nitrogen and oxygen atoms in total. The quantitative estimate of drug-likeness (QED) is 0.385. The molecule has 8 heteroatoms. The van der Waals surface area contributed by atoms with Crippen molar-refractivity contribution in [3.05, 3.63) is 72.3 Å². The monoisotopic (exact) mass is 422 g/mol. The molecule has 148 valence electrons. The molecule has 0 atom stereocenters. The Bertz CT molecular complexity index is 974. The molecule has 0 unspecified atom stereocenters. The molecule has 0 aliphatic rings. The molecule has 0 spiro atoms. The fourth-order valence-electron chi connectivity index (χ4n) is 3.09. The number of benzene rings is 2. The molecule has 0 fully saturated rings. The van der Waals surface area contributed by atoms with Gasteiger partial charge in [0, 0.05) is 11.4 Å². The fourth-order valence-corrected chi connectivity index (χ4v) is 4.48. The van der Waals surface area contributed by atoms with Gasteiger partial charge in [-0.2, -0.15) is 0 Å². The summed E-state index contributed by atoms with van der Waals surface area (Å²) in [6, 6.07) is 20.5. The number of aromatic nitrogens is 6. The van der Waals surface area contributed by atoms with Crippen molar-refractivity contribution in [2.24, 2.45) is 0 Å². The molecule has 0 saturated heterocycles. The van der Waals surface area contributed by atoms with E-state index in [0.29, 0.717) is 6.42 Å². The predicted octanol–water partition coefficient (Wildman–Crippen LogP) is 4.66. The molecular weight excluding hydrogens is 400 g/mol. The van der Waals surface area contributed by atoms with Gasteiger partial charge >= 0.3 is 0 Å². The fraction of sp³-hybridized carbons (Fsp3) is 0.238. The molecular formula is C21H22N6S2. The molecule has 4 rings (SSSR count). The SMILES string of the molecule is CCSc1nnc(Cc2nnc(SCC)n2-c2ccccc2)n1-c1ccccc1. The highest BCUT2D eigenvalue weighted by atomic mass is 32.2. The lowest BCUT2D eigenvalue weighted by Gasteiger charge is -2.11. The third-order valence-corrected chi connectivity index (χ3v) is 5.91. The van der Waals surface area contributed by atoms with Gasteiger partial charge in [-0.3, -0.25) is 9.13 Å². The minimum atomic E-state index is 0.540. The van der Waals surface area contributed by atoms with Crippen LogP contribution >= 0.6 is 23.5 Å². The van der Waals surface area contributed by atoms with Gasteiger partial charge in [0.15, 0.2) is 10.3 Å². The van der Waals surface area contributed by atoms with E-state index in [1.165, 1.54) is 0 Å². The van der Waals surface area contributed by atoms with Crippen LogP contribution in [0.4, 0.5) is 0 Å². The van der Waals surface area contributed by atoms with Crippen LogP contribution in [0.2, 0.25) is 0 Å². The van der Waals surface area contributed by atoms with Crippen molar-refractivity contribution in [3.63, 3.8) is 0 Å². The highest BCUT2D eigenvalue weighted by Crippen LogP contribution is 2.26. The zero-order valence-corrected chi connectivity index (χ0v) is 18.0. The summed E-state index contributed by atoms with van der Waals surface area (Å²) in [4.78, 5) is 0. The van der Waals surface area contributed by atoms with Crippen LogP contribution in [0.25, 0.3) is 11.4 Å². The summed E-state index contributed by atoms with van der Waals surface area (Å²) in [7, 11) is 0. The van der Waals surface area contributed by atoms with Crippen LogP contribution < -0.4 is 0 Å². The summed E-state index contributed by atoms with van der Waals surface area (Å²) in [5.74, 6) is 3.57. The summed E-state index contributed by atoms with van der Waals surface area (Å²) in [6.45, 7) is 4.24. The van der Waals surface area contributed by atoms with Gasteiger partial charge in [0.05, 0.1) is 6.42 Å². The van der Waals surface area contributed by atoms with Crippen LogP contribution in [0.5, 0.6) is 0 Å². The van der Waals surface area contributed by atoms with Crippen LogP contribution in [0.1, 0.15) is 25.5 Å². The van der Waals surface area contributed by atoms with Crippen LogP contribution in [-0.4, -0.2) is 41.0 Å². The van der Waals surface area contributed by atoms with Gasteiger partial charge in [0.2, 0.25) is 0 Å². The lowest BCUT2D eigenvalue weighted by atomic mass is 10.3. The molecule has 4 aromatic rings.